The number of benzene rings is 1. The van der Waals surface area contributed by atoms with Crippen molar-refractivity contribution in [3.8, 4) is 5.75 Å². The largest absolute Gasteiger partial charge is 0.493 e. The van der Waals surface area contributed by atoms with Gasteiger partial charge < -0.3 is 20.3 Å². The Kier molecular flexibility index (Phi) is 5.68. The second kappa shape index (κ2) is 7.50. The van der Waals surface area contributed by atoms with E-state index in [0.29, 0.717) is 0 Å². The van der Waals surface area contributed by atoms with Crippen LogP contribution in [0.1, 0.15) is 19.3 Å². The van der Waals surface area contributed by atoms with Crippen molar-refractivity contribution < 1.29 is 4.74 Å². The zero-order chi connectivity index (χ0) is 14.4. The molecule has 0 saturated carbocycles. The molecule has 0 aromatic heterocycles. The summed E-state index contributed by atoms with van der Waals surface area (Å²) in [6, 6.07) is 8.37. The van der Waals surface area contributed by atoms with Crippen LogP contribution in [0.15, 0.2) is 24.3 Å². The van der Waals surface area contributed by atoms with Gasteiger partial charge in [-0.05, 0) is 58.6 Å². The molecular weight excluding hydrogens is 250 g/mol. The Labute approximate surface area is 122 Å². The first-order valence-electron chi connectivity index (χ1n) is 7.52. The van der Waals surface area contributed by atoms with E-state index in [9.17, 15) is 0 Å². The monoisotopic (exact) mass is 277 g/mol. The highest BCUT2D eigenvalue weighted by Gasteiger charge is 2.19. The summed E-state index contributed by atoms with van der Waals surface area (Å²) in [5.41, 5.74) is 6.48. The standard InChI is InChI=1S/C16H27N3O/c1-18-10-7-15(8-11-18)19(2)9-4-12-20-16-6-3-5-14(17)13-16/h3,5-6,13,15H,4,7-12,17H2,1-2H3. The molecule has 0 amide bonds. The molecule has 1 fully saturated rings. The summed E-state index contributed by atoms with van der Waals surface area (Å²) in [6.07, 6.45) is 3.61. The van der Waals surface area contributed by atoms with Gasteiger partial charge in [-0.3, -0.25) is 0 Å². The quantitative estimate of drug-likeness (QED) is 0.638. The molecule has 2 rings (SSSR count). The molecule has 4 heteroatoms. The van der Waals surface area contributed by atoms with Gasteiger partial charge in [-0.15, -0.1) is 0 Å². The minimum atomic E-state index is 0.735. The lowest BCUT2D eigenvalue weighted by Gasteiger charge is -2.35. The Bertz CT molecular complexity index is 402. The van der Waals surface area contributed by atoms with Crippen LogP contribution < -0.4 is 10.5 Å². The smallest absolute Gasteiger partial charge is 0.121 e. The lowest BCUT2D eigenvalue weighted by Crippen LogP contribution is -2.42. The highest BCUT2D eigenvalue weighted by Crippen LogP contribution is 2.16. The molecule has 20 heavy (non-hydrogen) atoms. The predicted octanol–water partition coefficient (Wildman–Crippen LogP) is 2.06. The van der Waals surface area contributed by atoms with Gasteiger partial charge in [-0.1, -0.05) is 6.07 Å². The van der Waals surface area contributed by atoms with E-state index in [-0.39, 0.29) is 0 Å². The Morgan fingerprint density at radius 3 is 2.80 bits per heavy atom. The molecule has 0 bridgehead atoms. The van der Waals surface area contributed by atoms with Crippen molar-refractivity contribution >= 4 is 5.69 Å². The topological polar surface area (TPSA) is 41.7 Å². The fourth-order valence-corrected chi connectivity index (χ4v) is 2.73. The van der Waals surface area contributed by atoms with Crippen LogP contribution in [-0.2, 0) is 0 Å². The van der Waals surface area contributed by atoms with Gasteiger partial charge in [0.25, 0.3) is 0 Å². The Hall–Kier alpha value is -1.26. The molecule has 0 radical (unpaired) electrons. The van der Waals surface area contributed by atoms with E-state index in [2.05, 4.69) is 23.9 Å². The number of ether oxygens (including phenoxy) is 1. The van der Waals surface area contributed by atoms with Crippen molar-refractivity contribution in [1.29, 1.82) is 0 Å². The lowest BCUT2D eigenvalue weighted by molar-refractivity contribution is 0.137. The fourth-order valence-electron chi connectivity index (χ4n) is 2.73. The summed E-state index contributed by atoms with van der Waals surface area (Å²) in [5, 5.41) is 0. The van der Waals surface area contributed by atoms with Crippen molar-refractivity contribution in [3.05, 3.63) is 24.3 Å². The summed E-state index contributed by atoms with van der Waals surface area (Å²) in [6.45, 7) is 4.28. The predicted molar refractivity (Wildman–Crippen MR) is 84.1 cm³/mol. The van der Waals surface area contributed by atoms with Crippen molar-refractivity contribution in [2.24, 2.45) is 0 Å². The Balaban J connectivity index is 1.63. The van der Waals surface area contributed by atoms with Crippen molar-refractivity contribution in [2.75, 3.05) is 46.1 Å². The molecule has 1 aliphatic rings. The molecule has 2 N–H and O–H groups in total. The van der Waals surface area contributed by atoms with Crippen LogP contribution in [-0.4, -0.2) is 56.2 Å². The molecule has 112 valence electrons. The maximum atomic E-state index is 5.73. The minimum absolute atomic E-state index is 0.735. The molecule has 1 aliphatic heterocycles. The van der Waals surface area contributed by atoms with Crippen LogP contribution in [0.2, 0.25) is 0 Å². The number of nitrogens with two attached hydrogens (primary N) is 1. The van der Waals surface area contributed by atoms with Gasteiger partial charge in [0.2, 0.25) is 0 Å². The third-order valence-electron chi connectivity index (χ3n) is 4.09. The lowest BCUT2D eigenvalue weighted by atomic mass is 10.0. The van der Waals surface area contributed by atoms with Gasteiger partial charge >= 0.3 is 0 Å². The number of likely N-dealkylation sites (tertiary alicyclic amines) is 1. The van der Waals surface area contributed by atoms with Gasteiger partial charge in [0.15, 0.2) is 0 Å². The molecule has 0 aliphatic carbocycles. The van der Waals surface area contributed by atoms with E-state index in [1.165, 1.54) is 25.9 Å². The summed E-state index contributed by atoms with van der Waals surface area (Å²) in [5.74, 6) is 0.868. The molecule has 1 aromatic rings. The van der Waals surface area contributed by atoms with E-state index in [1.54, 1.807) is 0 Å². The van der Waals surface area contributed by atoms with Crippen LogP contribution >= 0.6 is 0 Å². The SMILES string of the molecule is CN1CCC(N(C)CCCOc2cccc(N)c2)CC1. The second-order valence-corrected chi connectivity index (χ2v) is 5.79. The number of piperidine rings is 1. The van der Waals surface area contributed by atoms with Crippen molar-refractivity contribution in [2.45, 2.75) is 25.3 Å². The summed E-state index contributed by atoms with van der Waals surface area (Å²) in [7, 11) is 4.44. The minimum Gasteiger partial charge on any atom is -0.493 e. The Morgan fingerprint density at radius 1 is 1.35 bits per heavy atom. The van der Waals surface area contributed by atoms with E-state index in [0.717, 1.165) is 37.1 Å². The van der Waals surface area contributed by atoms with Gasteiger partial charge in [-0.2, -0.15) is 0 Å². The highest BCUT2D eigenvalue weighted by molar-refractivity contribution is 5.43. The third-order valence-corrected chi connectivity index (χ3v) is 4.09. The molecule has 1 saturated heterocycles. The molecule has 0 unspecified atom stereocenters. The second-order valence-electron chi connectivity index (χ2n) is 5.79. The first-order chi connectivity index (χ1) is 9.65. The number of rotatable bonds is 6. The maximum Gasteiger partial charge on any atom is 0.121 e. The molecule has 0 atom stereocenters. The molecule has 4 nitrogen and oxygen atoms in total. The summed E-state index contributed by atoms with van der Waals surface area (Å²) >= 11 is 0. The van der Waals surface area contributed by atoms with Crippen molar-refractivity contribution in [1.82, 2.24) is 9.80 Å². The fraction of sp³-hybridized carbons (Fsp3) is 0.625. The first kappa shape index (κ1) is 15.1. The molecule has 1 aromatic carbocycles. The molecule has 0 spiro atoms. The van der Waals surface area contributed by atoms with Gasteiger partial charge in [0, 0.05) is 24.3 Å². The number of nitrogen functional groups attached to an aromatic ring is 1. The third kappa shape index (κ3) is 4.69. The average Bonchev–Trinajstić information content (AvgIpc) is 2.44. The number of nitrogens with zero attached hydrogens (tertiary/aromatic N) is 2. The summed E-state index contributed by atoms with van der Waals surface area (Å²) in [4.78, 5) is 4.89. The van der Waals surface area contributed by atoms with Crippen LogP contribution in [0.5, 0.6) is 5.75 Å². The number of hydrogen-bond acceptors (Lipinski definition) is 4. The van der Waals surface area contributed by atoms with Gasteiger partial charge in [0.05, 0.1) is 6.61 Å². The van der Waals surface area contributed by atoms with Crippen molar-refractivity contribution in [3.63, 3.8) is 0 Å². The first-order valence-corrected chi connectivity index (χ1v) is 7.52. The van der Waals surface area contributed by atoms with Gasteiger partial charge in [-0.25, -0.2) is 0 Å². The van der Waals surface area contributed by atoms with Crippen LogP contribution in [0.3, 0.4) is 0 Å². The molecule has 1 heterocycles. The van der Waals surface area contributed by atoms with E-state index in [1.807, 2.05) is 24.3 Å². The van der Waals surface area contributed by atoms with Crippen LogP contribution in [0, 0.1) is 0 Å². The Morgan fingerprint density at radius 2 is 2.10 bits per heavy atom. The van der Waals surface area contributed by atoms with Crippen LogP contribution in [0.25, 0.3) is 0 Å². The highest BCUT2D eigenvalue weighted by atomic mass is 16.5. The maximum absolute atomic E-state index is 5.73. The van der Waals surface area contributed by atoms with Gasteiger partial charge in [0.1, 0.15) is 5.75 Å². The average molecular weight is 277 g/mol. The number of anilines is 1. The van der Waals surface area contributed by atoms with E-state index in [4.69, 9.17) is 10.5 Å². The zero-order valence-electron chi connectivity index (χ0n) is 12.7. The molecular formula is C16H27N3O. The zero-order valence-corrected chi connectivity index (χ0v) is 12.7. The number of hydrogen-bond donors (Lipinski definition) is 1. The van der Waals surface area contributed by atoms with E-state index < -0.39 is 0 Å². The van der Waals surface area contributed by atoms with Crippen LogP contribution in [0.4, 0.5) is 5.69 Å². The normalized spacial score (nSPS) is 17.6. The summed E-state index contributed by atoms with van der Waals surface area (Å²) < 4.78 is 5.73. The van der Waals surface area contributed by atoms with E-state index >= 15 is 0 Å².